The van der Waals surface area contributed by atoms with Crippen LogP contribution in [0, 0.1) is 11.8 Å². The molecule has 2 aromatic rings. The van der Waals surface area contributed by atoms with E-state index in [0.29, 0.717) is 18.1 Å². The molecule has 0 N–H and O–H groups in total. The number of fused-ring (bicyclic) bond motifs is 4. The number of nitrogens with zero attached hydrogens (tertiary/aromatic N) is 1. The minimum Gasteiger partial charge on any atom is -0.303 e. The lowest BCUT2D eigenvalue weighted by Crippen LogP contribution is -2.47. The molecule has 2 bridgehead atoms. The third kappa shape index (κ3) is 2.52. The van der Waals surface area contributed by atoms with Crippen LogP contribution >= 0.6 is 22.9 Å². The van der Waals surface area contributed by atoms with Crippen LogP contribution in [0.3, 0.4) is 0 Å². The topological polar surface area (TPSA) is 20.3 Å². The Kier molecular flexibility index (Phi) is 3.52. The molecule has 4 heteroatoms. The lowest BCUT2D eigenvalue weighted by Gasteiger charge is -2.44. The SMILES string of the molecule is O=C(C[C@H]1CN2CCC1CC2)c1cc2cccc(Cl)c2s1. The predicted molar refractivity (Wildman–Crippen MR) is 88.4 cm³/mol. The van der Waals surface area contributed by atoms with Crippen molar-refractivity contribution in [1.82, 2.24) is 4.90 Å². The van der Waals surface area contributed by atoms with E-state index in [9.17, 15) is 4.79 Å². The molecule has 3 aliphatic rings. The van der Waals surface area contributed by atoms with E-state index in [0.717, 1.165) is 32.4 Å². The fourth-order valence-electron chi connectivity index (χ4n) is 3.82. The van der Waals surface area contributed by atoms with Crippen molar-refractivity contribution in [3.8, 4) is 0 Å². The number of ketones is 1. The van der Waals surface area contributed by atoms with Crippen molar-refractivity contribution in [3.63, 3.8) is 0 Å². The molecule has 21 heavy (non-hydrogen) atoms. The first-order valence-corrected chi connectivity index (χ1v) is 8.84. The number of Topliss-reactive ketones (excluding diaryl/α,β-unsaturated/α-hetero) is 1. The smallest absolute Gasteiger partial charge is 0.173 e. The molecule has 0 radical (unpaired) electrons. The van der Waals surface area contributed by atoms with Crippen LogP contribution in [0.2, 0.25) is 5.02 Å². The van der Waals surface area contributed by atoms with Gasteiger partial charge in [-0.3, -0.25) is 4.79 Å². The Morgan fingerprint density at radius 1 is 1.33 bits per heavy atom. The summed E-state index contributed by atoms with van der Waals surface area (Å²) >= 11 is 7.76. The van der Waals surface area contributed by atoms with E-state index in [4.69, 9.17) is 11.6 Å². The van der Waals surface area contributed by atoms with E-state index in [1.807, 2.05) is 24.3 Å². The van der Waals surface area contributed by atoms with E-state index in [1.54, 1.807) is 11.3 Å². The van der Waals surface area contributed by atoms with Gasteiger partial charge in [-0.25, -0.2) is 0 Å². The lowest BCUT2D eigenvalue weighted by molar-refractivity contribution is 0.0442. The van der Waals surface area contributed by atoms with Crippen molar-refractivity contribution in [2.75, 3.05) is 19.6 Å². The predicted octanol–water partition coefficient (Wildman–Crippen LogP) is 4.47. The number of halogens is 1. The molecule has 5 rings (SSSR count). The van der Waals surface area contributed by atoms with Crippen molar-refractivity contribution in [3.05, 3.63) is 34.2 Å². The van der Waals surface area contributed by atoms with Crippen molar-refractivity contribution in [2.24, 2.45) is 11.8 Å². The summed E-state index contributed by atoms with van der Waals surface area (Å²) in [6, 6.07) is 7.87. The van der Waals surface area contributed by atoms with Gasteiger partial charge in [0.2, 0.25) is 0 Å². The quantitative estimate of drug-likeness (QED) is 0.778. The number of carbonyl (C=O) groups excluding carboxylic acids is 1. The molecule has 3 fully saturated rings. The van der Waals surface area contributed by atoms with Gasteiger partial charge in [-0.2, -0.15) is 0 Å². The number of hydrogen-bond acceptors (Lipinski definition) is 3. The molecular formula is C17H18ClNOS. The van der Waals surface area contributed by atoms with Gasteiger partial charge in [0.1, 0.15) is 0 Å². The fraction of sp³-hybridized carbons (Fsp3) is 0.471. The minimum atomic E-state index is 0.297. The van der Waals surface area contributed by atoms with Crippen molar-refractivity contribution < 1.29 is 4.79 Å². The maximum atomic E-state index is 12.6. The molecule has 0 spiro atoms. The average Bonchev–Trinajstić information content (AvgIpc) is 2.94. The summed E-state index contributed by atoms with van der Waals surface area (Å²) in [4.78, 5) is 16.0. The maximum Gasteiger partial charge on any atom is 0.173 e. The second-order valence-corrected chi connectivity index (χ2v) is 7.75. The second kappa shape index (κ2) is 5.38. The second-order valence-electron chi connectivity index (χ2n) is 6.29. The summed E-state index contributed by atoms with van der Waals surface area (Å²) in [6.07, 6.45) is 3.25. The first kappa shape index (κ1) is 13.7. The monoisotopic (exact) mass is 319 g/mol. The highest BCUT2D eigenvalue weighted by Crippen LogP contribution is 2.37. The van der Waals surface area contributed by atoms with Crippen molar-refractivity contribution in [1.29, 1.82) is 0 Å². The first-order valence-electron chi connectivity index (χ1n) is 7.64. The third-order valence-electron chi connectivity index (χ3n) is 5.01. The normalized spacial score (nSPS) is 28.1. The van der Waals surface area contributed by atoms with Crippen LogP contribution in [0.1, 0.15) is 28.9 Å². The summed E-state index contributed by atoms with van der Waals surface area (Å²) in [5.41, 5.74) is 0. The van der Waals surface area contributed by atoms with Gasteiger partial charge in [0.25, 0.3) is 0 Å². The molecule has 1 aromatic carbocycles. The molecule has 0 aliphatic carbocycles. The van der Waals surface area contributed by atoms with Crippen LogP contribution in [-0.4, -0.2) is 30.3 Å². The van der Waals surface area contributed by atoms with E-state index < -0.39 is 0 Å². The third-order valence-corrected chi connectivity index (χ3v) is 6.66. The number of rotatable bonds is 3. The Morgan fingerprint density at radius 2 is 2.14 bits per heavy atom. The van der Waals surface area contributed by atoms with Crippen molar-refractivity contribution in [2.45, 2.75) is 19.3 Å². The molecule has 0 saturated carbocycles. The molecule has 110 valence electrons. The molecule has 4 heterocycles. The zero-order valence-electron chi connectivity index (χ0n) is 11.8. The van der Waals surface area contributed by atoms with Crippen LogP contribution < -0.4 is 0 Å². The summed E-state index contributed by atoms with van der Waals surface area (Å²) in [6.45, 7) is 3.57. The number of benzene rings is 1. The van der Waals surface area contributed by atoms with Crippen LogP contribution in [0.4, 0.5) is 0 Å². The standard InChI is InChI=1S/C17H18ClNOS/c18-14-3-1-2-12-9-16(21-17(12)14)15(20)8-13-10-19-6-4-11(13)5-7-19/h1-3,9,11,13H,4-8,10H2/t13-/m0/s1. The molecular weight excluding hydrogens is 302 g/mol. The highest BCUT2D eigenvalue weighted by atomic mass is 35.5. The first-order chi connectivity index (χ1) is 10.2. The summed E-state index contributed by atoms with van der Waals surface area (Å²) in [5, 5.41) is 1.84. The highest BCUT2D eigenvalue weighted by molar-refractivity contribution is 7.21. The number of thiophene rings is 1. The summed E-state index contributed by atoms with van der Waals surface area (Å²) in [7, 11) is 0. The zero-order chi connectivity index (χ0) is 14.4. The molecule has 0 amide bonds. The van der Waals surface area contributed by atoms with E-state index in [2.05, 4.69) is 4.90 Å². The fourth-order valence-corrected chi connectivity index (χ4v) is 5.13. The van der Waals surface area contributed by atoms with Gasteiger partial charge in [-0.05, 0) is 55.3 Å². The van der Waals surface area contributed by atoms with Gasteiger partial charge >= 0.3 is 0 Å². The van der Waals surface area contributed by atoms with Crippen LogP contribution in [0.15, 0.2) is 24.3 Å². The summed E-state index contributed by atoms with van der Waals surface area (Å²) < 4.78 is 1.04. The molecule has 0 unspecified atom stereocenters. The summed E-state index contributed by atoms with van der Waals surface area (Å²) in [5.74, 6) is 1.61. The Labute approximate surface area is 133 Å². The molecule has 2 nitrogen and oxygen atoms in total. The number of hydrogen-bond donors (Lipinski definition) is 0. The van der Waals surface area contributed by atoms with Gasteiger partial charge in [0, 0.05) is 13.0 Å². The van der Waals surface area contributed by atoms with Crippen LogP contribution in [0.5, 0.6) is 0 Å². The van der Waals surface area contributed by atoms with Gasteiger partial charge in [-0.15, -0.1) is 11.3 Å². The Hall–Kier alpha value is -0.900. The number of carbonyl (C=O) groups is 1. The average molecular weight is 320 g/mol. The van der Waals surface area contributed by atoms with Crippen LogP contribution in [-0.2, 0) is 0 Å². The van der Waals surface area contributed by atoms with Gasteiger partial charge < -0.3 is 4.90 Å². The van der Waals surface area contributed by atoms with Crippen molar-refractivity contribution >= 4 is 38.8 Å². The highest BCUT2D eigenvalue weighted by Gasteiger charge is 2.35. The Balaban J connectivity index is 1.55. The van der Waals surface area contributed by atoms with Crippen LogP contribution in [0.25, 0.3) is 10.1 Å². The minimum absolute atomic E-state index is 0.297. The molecule has 3 aliphatic heterocycles. The van der Waals surface area contributed by atoms with Gasteiger partial charge in [-0.1, -0.05) is 23.7 Å². The molecule has 1 aromatic heterocycles. The molecule has 1 atom stereocenters. The lowest BCUT2D eigenvalue weighted by atomic mass is 9.76. The zero-order valence-corrected chi connectivity index (χ0v) is 13.4. The maximum absolute atomic E-state index is 12.6. The Morgan fingerprint density at radius 3 is 2.81 bits per heavy atom. The largest absolute Gasteiger partial charge is 0.303 e. The van der Waals surface area contributed by atoms with E-state index >= 15 is 0 Å². The molecule has 3 saturated heterocycles. The number of piperidine rings is 3. The van der Waals surface area contributed by atoms with E-state index in [1.165, 1.54) is 25.9 Å². The van der Waals surface area contributed by atoms with E-state index in [-0.39, 0.29) is 0 Å². The van der Waals surface area contributed by atoms with Gasteiger partial charge in [0.15, 0.2) is 5.78 Å². The van der Waals surface area contributed by atoms with Gasteiger partial charge in [0.05, 0.1) is 14.6 Å². The Bertz CT molecular complexity index is 687.